The number of aliphatic hydroxyl groups is 1. The van der Waals surface area contributed by atoms with Crippen molar-refractivity contribution < 1.29 is 14.2 Å². The highest BCUT2D eigenvalue weighted by Gasteiger charge is 2.30. The van der Waals surface area contributed by atoms with Gasteiger partial charge >= 0.3 is 0 Å². The van der Waals surface area contributed by atoms with Gasteiger partial charge in [-0.05, 0) is 80.4 Å². The van der Waals surface area contributed by atoms with Crippen molar-refractivity contribution in [2.45, 2.75) is 65.3 Å². The topological polar surface area (TPSA) is 102 Å². The first-order chi connectivity index (χ1) is 17.0. The number of nitrogens with zero attached hydrogens (tertiary/aromatic N) is 4. The van der Waals surface area contributed by atoms with E-state index in [0.29, 0.717) is 23.6 Å². The molecule has 0 spiro atoms. The molecular formula is C26H29BrFN5O3. The third kappa shape index (κ3) is 5.19. The molecule has 10 heteroatoms. The third-order valence-electron chi connectivity index (χ3n) is 6.35. The molecule has 3 aromatic heterocycles. The predicted molar refractivity (Wildman–Crippen MR) is 137 cm³/mol. The predicted octanol–water partition coefficient (Wildman–Crippen LogP) is 4.54. The molecule has 0 bridgehead atoms. The molecule has 2 atom stereocenters. The van der Waals surface area contributed by atoms with Crippen molar-refractivity contribution in [3.63, 3.8) is 0 Å². The Labute approximate surface area is 217 Å². The molecule has 3 aromatic rings. The standard InChI is InChI=1S/C26H29BrFN5O3/c1-14-6-7-22(26(4,5)35)32-24(14)18-9-20(15(2)10-30-18)33-16(3)8-21(23(27)25(33)34)36-12-19-17(28)11-29-13-31-19/h6-8,10-11,13,18,20,30,35H,9,12H2,1-5H3/t18-,20-/m1/s1. The van der Waals surface area contributed by atoms with Crippen LogP contribution in [0, 0.1) is 19.7 Å². The second-order valence-electron chi connectivity index (χ2n) is 9.56. The summed E-state index contributed by atoms with van der Waals surface area (Å²) in [5, 5.41) is 13.9. The molecule has 1 aliphatic heterocycles. The van der Waals surface area contributed by atoms with Crippen molar-refractivity contribution in [3.05, 3.63) is 91.5 Å². The van der Waals surface area contributed by atoms with Gasteiger partial charge in [0.2, 0.25) is 0 Å². The summed E-state index contributed by atoms with van der Waals surface area (Å²) in [5.41, 5.74) is 2.91. The Bertz CT molecular complexity index is 1380. The Hall–Kier alpha value is -3.11. The van der Waals surface area contributed by atoms with E-state index in [4.69, 9.17) is 9.72 Å². The lowest BCUT2D eigenvalue weighted by Gasteiger charge is -2.33. The Morgan fingerprint density at radius 3 is 2.75 bits per heavy atom. The van der Waals surface area contributed by atoms with Gasteiger partial charge in [-0.15, -0.1) is 0 Å². The molecule has 8 nitrogen and oxygen atoms in total. The normalized spacial score (nSPS) is 17.9. The first kappa shape index (κ1) is 26.0. The highest BCUT2D eigenvalue weighted by molar-refractivity contribution is 9.10. The van der Waals surface area contributed by atoms with Gasteiger partial charge in [0.1, 0.15) is 34.5 Å². The molecule has 0 unspecified atom stereocenters. The van der Waals surface area contributed by atoms with E-state index in [2.05, 4.69) is 31.2 Å². The van der Waals surface area contributed by atoms with E-state index < -0.39 is 11.4 Å². The van der Waals surface area contributed by atoms with Crippen molar-refractivity contribution in [2.75, 3.05) is 0 Å². The van der Waals surface area contributed by atoms with Gasteiger partial charge in [-0.25, -0.2) is 14.4 Å². The van der Waals surface area contributed by atoms with Gasteiger partial charge in [0.15, 0.2) is 5.82 Å². The highest BCUT2D eigenvalue weighted by Crippen LogP contribution is 2.36. The lowest BCUT2D eigenvalue weighted by Crippen LogP contribution is -2.35. The number of allylic oxidation sites excluding steroid dienone is 1. The van der Waals surface area contributed by atoms with Gasteiger partial charge in [0, 0.05) is 11.8 Å². The minimum absolute atomic E-state index is 0.106. The van der Waals surface area contributed by atoms with Crippen molar-refractivity contribution in [2.24, 2.45) is 0 Å². The summed E-state index contributed by atoms with van der Waals surface area (Å²) in [4.78, 5) is 25.8. The van der Waals surface area contributed by atoms with E-state index in [9.17, 15) is 14.3 Å². The number of pyridine rings is 2. The van der Waals surface area contributed by atoms with E-state index >= 15 is 0 Å². The van der Waals surface area contributed by atoms with Crippen LogP contribution in [0.2, 0.25) is 0 Å². The number of hydrogen-bond donors (Lipinski definition) is 2. The summed E-state index contributed by atoms with van der Waals surface area (Å²) in [6, 6.07) is 5.17. The first-order valence-electron chi connectivity index (χ1n) is 11.6. The SMILES string of the molecule is CC1=CN[C@@H](c2nc(C(C)(C)O)ccc2C)C[C@H]1n1c(C)cc(OCc2ncncc2F)c(Br)c1=O. The average Bonchev–Trinajstić information content (AvgIpc) is 2.82. The summed E-state index contributed by atoms with van der Waals surface area (Å²) >= 11 is 3.39. The summed E-state index contributed by atoms with van der Waals surface area (Å²) in [6.45, 7) is 9.08. The summed E-state index contributed by atoms with van der Waals surface area (Å²) in [5.74, 6) is -0.257. The number of hydrogen-bond acceptors (Lipinski definition) is 7. The number of halogens is 2. The molecule has 190 valence electrons. The van der Waals surface area contributed by atoms with Crippen LogP contribution >= 0.6 is 15.9 Å². The Morgan fingerprint density at radius 1 is 1.31 bits per heavy atom. The number of aryl methyl sites for hydroxylation is 2. The van der Waals surface area contributed by atoms with E-state index in [1.165, 1.54) is 6.33 Å². The third-order valence-corrected chi connectivity index (χ3v) is 7.08. The largest absolute Gasteiger partial charge is 0.486 e. The molecular weight excluding hydrogens is 529 g/mol. The molecule has 4 heterocycles. The Morgan fingerprint density at radius 2 is 2.06 bits per heavy atom. The molecule has 0 fully saturated rings. The molecule has 2 N–H and O–H groups in total. The van der Waals surface area contributed by atoms with Crippen LogP contribution in [0.25, 0.3) is 0 Å². The smallest absolute Gasteiger partial charge is 0.269 e. The second kappa shape index (κ2) is 10.1. The summed E-state index contributed by atoms with van der Waals surface area (Å²) in [6.07, 6.45) is 4.82. The fourth-order valence-electron chi connectivity index (χ4n) is 4.32. The maximum absolute atomic E-state index is 13.9. The van der Waals surface area contributed by atoms with Crippen molar-refractivity contribution in [1.29, 1.82) is 0 Å². The van der Waals surface area contributed by atoms with E-state index in [-0.39, 0.29) is 34.4 Å². The second-order valence-corrected chi connectivity index (χ2v) is 10.4. The fraction of sp³-hybridized carbons (Fsp3) is 0.385. The molecule has 4 rings (SSSR count). The summed E-state index contributed by atoms with van der Waals surface area (Å²) in [7, 11) is 0. The summed E-state index contributed by atoms with van der Waals surface area (Å²) < 4.78 is 21.6. The lowest BCUT2D eigenvalue weighted by atomic mass is 9.92. The monoisotopic (exact) mass is 557 g/mol. The molecule has 0 amide bonds. The van der Waals surface area contributed by atoms with E-state index in [1.807, 2.05) is 39.1 Å². The maximum atomic E-state index is 13.9. The number of aromatic nitrogens is 4. The molecule has 0 radical (unpaired) electrons. The Kier molecular flexibility index (Phi) is 7.28. The van der Waals surface area contributed by atoms with Crippen LogP contribution in [0.15, 0.2) is 51.8 Å². The molecule has 0 saturated carbocycles. The zero-order chi connectivity index (χ0) is 26.2. The van der Waals surface area contributed by atoms with Crippen LogP contribution < -0.4 is 15.6 Å². The maximum Gasteiger partial charge on any atom is 0.269 e. The lowest BCUT2D eigenvalue weighted by molar-refractivity contribution is 0.0734. The van der Waals surface area contributed by atoms with Gasteiger partial charge in [-0.3, -0.25) is 9.78 Å². The van der Waals surface area contributed by atoms with Gasteiger partial charge in [-0.1, -0.05) is 6.07 Å². The van der Waals surface area contributed by atoms with E-state index in [1.54, 1.807) is 24.5 Å². The number of ether oxygens (including phenoxy) is 1. The van der Waals surface area contributed by atoms with Crippen LogP contribution in [0.1, 0.15) is 67.6 Å². The van der Waals surface area contributed by atoms with Crippen LogP contribution in [-0.4, -0.2) is 24.6 Å². The zero-order valence-electron chi connectivity index (χ0n) is 20.8. The molecule has 1 aliphatic rings. The minimum atomic E-state index is -1.06. The Balaban J connectivity index is 1.65. The first-order valence-corrected chi connectivity index (χ1v) is 12.4. The molecule has 0 saturated heterocycles. The zero-order valence-corrected chi connectivity index (χ0v) is 22.4. The fourth-order valence-corrected chi connectivity index (χ4v) is 4.74. The van der Waals surface area contributed by atoms with Crippen molar-refractivity contribution in [1.82, 2.24) is 24.8 Å². The van der Waals surface area contributed by atoms with Gasteiger partial charge < -0.3 is 19.7 Å². The van der Waals surface area contributed by atoms with Crippen molar-refractivity contribution >= 4 is 15.9 Å². The van der Waals surface area contributed by atoms with Crippen molar-refractivity contribution in [3.8, 4) is 5.75 Å². The quantitative estimate of drug-likeness (QED) is 0.458. The van der Waals surface area contributed by atoms with Crippen LogP contribution in [-0.2, 0) is 12.2 Å². The van der Waals surface area contributed by atoms with E-state index in [0.717, 1.165) is 23.0 Å². The average molecular weight is 558 g/mol. The van der Waals surface area contributed by atoms with Crippen LogP contribution in [0.4, 0.5) is 4.39 Å². The van der Waals surface area contributed by atoms with Crippen LogP contribution in [0.5, 0.6) is 5.75 Å². The van der Waals surface area contributed by atoms with Gasteiger partial charge in [0.05, 0.1) is 29.7 Å². The number of nitrogens with one attached hydrogen (secondary N) is 1. The number of rotatable bonds is 6. The highest BCUT2D eigenvalue weighted by atomic mass is 79.9. The molecule has 0 aromatic carbocycles. The molecule has 0 aliphatic carbocycles. The molecule has 36 heavy (non-hydrogen) atoms. The van der Waals surface area contributed by atoms with Crippen LogP contribution in [0.3, 0.4) is 0 Å². The van der Waals surface area contributed by atoms with Gasteiger partial charge in [-0.2, -0.15) is 0 Å². The van der Waals surface area contributed by atoms with Gasteiger partial charge in [0.25, 0.3) is 5.56 Å². The minimum Gasteiger partial charge on any atom is -0.486 e.